The Morgan fingerprint density at radius 2 is 2.41 bits per heavy atom. The van der Waals surface area contributed by atoms with Crippen molar-refractivity contribution < 1.29 is 4.79 Å². The van der Waals surface area contributed by atoms with Crippen LogP contribution < -0.4 is 4.90 Å². The Kier molecular flexibility index (Phi) is 2.36. The number of nitriles is 1. The van der Waals surface area contributed by atoms with E-state index in [1.807, 2.05) is 6.07 Å². The minimum atomic E-state index is 0.0299. The number of amides is 1. The number of fused-ring (bicyclic) bond motifs is 3. The fourth-order valence-corrected chi connectivity index (χ4v) is 3.67. The number of rotatable bonds is 0. The number of alkyl halides is 1. The average molecular weight is 339 g/mol. The lowest BCUT2D eigenvalue weighted by molar-refractivity contribution is -0.117. The molecule has 1 saturated carbocycles. The van der Waals surface area contributed by atoms with Crippen molar-refractivity contribution in [3.63, 3.8) is 0 Å². The lowest BCUT2D eigenvalue weighted by Crippen LogP contribution is -2.34. The number of carbonyl (C=O) groups is 1. The summed E-state index contributed by atoms with van der Waals surface area (Å²) in [5.41, 5.74) is 1.63. The summed E-state index contributed by atoms with van der Waals surface area (Å²) < 4.78 is 0.0299. The molecule has 3 atom stereocenters. The van der Waals surface area contributed by atoms with E-state index in [0.29, 0.717) is 17.4 Å². The van der Waals surface area contributed by atoms with Gasteiger partial charge in [0, 0.05) is 13.2 Å². The molecule has 17 heavy (non-hydrogen) atoms. The van der Waals surface area contributed by atoms with Gasteiger partial charge in [-0.15, -0.1) is 0 Å². The first kappa shape index (κ1) is 11.0. The van der Waals surface area contributed by atoms with Gasteiger partial charge in [0.15, 0.2) is 0 Å². The summed E-state index contributed by atoms with van der Waals surface area (Å²) in [6, 6.07) is 3.99. The van der Waals surface area contributed by atoms with Crippen LogP contribution >= 0.6 is 22.6 Å². The van der Waals surface area contributed by atoms with E-state index in [1.54, 1.807) is 11.9 Å². The number of aromatic nitrogens is 1. The van der Waals surface area contributed by atoms with Crippen LogP contribution in [-0.2, 0) is 4.79 Å². The Labute approximate surface area is 113 Å². The van der Waals surface area contributed by atoms with Gasteiger partial charge >= 0.3 is 0 Å². The van der Waals surface area contributed by atoms with E-state index in [9.17, 15) is 4.79 Å². The first-order valence-corrected chi connectivity index (χ1v) is 6.69. The second kappa shape index (κ2) is 3.67. The Balaban J connectivity index is 2.15. The first-order chi connectivity index (χ1) is 8.13. The molecule has 1 fully saturated rings. The maximum atomic E-state index is 12.1. The molecule has 86 valence electrons. The van der Waals surface area contributed by atoms with Crippen molar-refractivity contribution in [1.29, 1.82) is 5.26 Å². The molecule has 1 amide bonds. The molecule has 1 aromatic heterocycles. The molecule has 0 N–H and O–H groups in total. The maximum absolute atomic E-state index is 12.1. The van der Waals surface area contributed by atoms with Crippen LogP contribution in [0.5, 0.6) is 0 Å². The van der Waals surface area contributed by atoms with Crippen molar-refractivity contribution in [2.45, 2.75) is 16.3 Å². The number of carbonyl (C=O) groups excluding carboxylic acids is 1. The van der Waals surface area contributed by atoms with Gasteiger partial charge in [-0.2, -0.15) is 5.26 Å². The summed E-state index contributed by atoms with van der Waals surface area (Å²) >= 11 is 2.22. The Hall–Kier alpha value is -1.16. The third-order valence-electron chi connectivity index (χ3n) is 3.52. The van der Waals surface area contributed by atoms with Gasteiger partial charge in [-0.1, -0.05) is 22.6 Å². The van der Waals surface area contributed by atoms with Crippen LogP contribution in [0, 0.1) is 17.2 Å². The minimum absolute atomic E-state index is 0.0299. The maximum Gasteiger partial charge on any atom is 0.241 e. The normalized spacial score (nSPS) is 30.1. The number of pyridine rings is 1. The van der Waals surface area contributed by atoms with E-state index in [-0.39, 0.29) is 9.83 Å². The third-order valence-corrected chi connectivity index (χ3v) is 4.98. The van der Waals surface area contributed by atoms with E-state index < -0.39 is 0 Å². The standard InChI is InChI=1S/C12H10IN3O/c1-16-11-9(2-6(4-14)5-15-11)7-3-8(7)10(13)12(16)17/h2,5,7-8,10H,3H2,1H3/t7?,8?,10-/m1/s1. The molecule has 4 nitrogen and oxygen atoms in total. The van der Waals surface area contributed by atoms with Crippen LogP contribution in [0.1, 0.15) is 23.5 Å². The second-order valence-corrected chi connectivity index (χ2v) is 5.90. The molecule has 1 aromatic rings. The number of anilines is 1. The molecule has 1 aliphatic carbocycles. The molecular weight excluding hydrogens is 329 g/mol. The van der Waals surface area contributed by atoms with Gasteiger partial charge in [0.25, 0.3) is 0 Å². The van der Waals surface area contributed by atoms with Gasteiger partial charge in [0.2, 0.25) is 5.91 Å². The Morgan fingerprint density at radius 1 is 1.65 bits per heavy atom. The summed E-state index contributed by atoms with van der Waals surface area (Å²) in [6.07, 6.45) is 2.57. The quantitative estimate of drug-likeness (QED) is 0.535. The Morgan fingerprint density at radius 3 is 3.12 bits per heavy atom. The lowest BCUT2D eigenvalue weighted by Gasteiger charge is -2.19. The van der Waals surface area contributed by atoms with Crippen LogP contribution in [0.2, 0.25) is 0 Å². The molecule has 0 bridgehead atoms. The lowest BCUT2D eigenvalue weighted by atomic mass is 10.1. The molecule has 0 spiro atoms. The fraction of sp³-hybridized carbons (Fsp3) is 0.417. The minimum Gasteiger partial charge on any atom is -0.299 e. The van der Waals surface area contributed by atoms with Crippen molar-refractivity contribution in [2.75, 3.05) is 11.9 Å². The summed E-state index contributed by atoms with van der Waals surface area (Å²) in [7, 11) is 1.76. The predicted octanol–water partition coefficient (Wildman–Crippen LogP) is 1.84. The van der Waals surface area contributed by atoms with Gasteiger partial charge in [-0.25, -0.2) is 4.98 Å². The van der Waals surface area contributed by atoms with Gasteiger partial charge in [0.1, 0.15) is 11.9 Å². The average Bonchev–Trinajstić information content (AvgIpc) is 3.15. The Bertz CT molecular complexity index is 551. The summed E-state index contributed by atoms with van der Waals surface area (Å²) in [5, 5.41) is 8.91. The number of hydrogen-bond acceptors (Lipinski definition) is 3. The van der Waals surface area contributed by atoms with E-state index >= 15 is 0 Å². The van der Waals surface area contributed by atoms with E-state index in [0.717, 1.165) is 17.8 Å². The highest BCUT2D eigenvalue weighted by atomic mass is 127. The van der Waals surface area contributed by atoms with Crippen molar-refractivity contribution in [3.8, 4) is 6.07 Å². The van der Waals surface area contributed by atoms with Gasteiger partial charge < -0.3 is 0 Å². The molecule has 0 radical (unpaired) electrons. The van der Waals surface area contributed by atoms with Crippen LogP contribution in [0.3, 0.4) is 0 Å². The van der Waals surface area contributed by atoms with Crippen LogP contribution in [0.4, 0.5) is 5.82 Å². The molecule has 2 unspecified atom stereocenters. The van der Waals surface area contributed by atoms with Crippen molar-refractivity contribution in [1.82, 2.24) is 4.98 Å². The van der Waals surface area contributed by atoms with Crippen molar-refractivity contribution in [3.05, 3.63) is 23.4 Å². The summed E-state index contributed by atoms with van der Waals surface area (Å²) in [4.78, 5) is 18.0. The molecule has 0 aromatic carbocycles. The summed E-state index contributed by atoms with van der Waals surface area (Å²) in [5.74, 6) is 1.67. The monoisotopic (exact) mass is 339 g/mol. The van der Waals surface area contributed by atoms with Crippen molar-refractivity contribution >= 4 is 34.3 Å². The first-order valence-electron chi connectivity index (χ1n) is 5.45. The molecule has 3 rings (SSSR count). The zero-order valence-corrected chi connectivity index (χ0v) is 11.4. The summed E-state index contributed by atoms with van der Waals surface area (Å²) in [6.45, 7) is 0. The van der Waals surface area contributed by atoms with Crippen molar-refractivity contribution in [2.24, 2.45) is 5.92 Å². The molecule has 2 aliphatic rings. The van der Waals surface area contributed by atoms with Gasteiger partial charge in [-0.05, 0) is 29.9 Å². The van der Waals surface area contributed by atoms with E-state index in [2.05, 4.69) is 33.6 Å². The highest BCUT2D eigenvalue weighted by molar-refractivity contribution is 14.1. The van der Waals surface area contributed by atoms with Crippen LogP contribution in [0.25, 0.3) is 0 Å². The zero-order valence-electron chi connectivity index (χ0n) is 9.22. The topological polar surface area (TPSA) is 57.0 Å². The highest BCUT2D eigenvalue weighted by Gasteiger charge is 2.50. The van der Waals surface area contributed by atoms with E-state index in [4.69, 9.17) is 5.26 Å². The van der Waals surface area contributed by atoms with Crippen LogP contribution in [0.15, 0.2) is 12.3 Å². The van der Waals surface area contributed by atoms with Gasteiger partial charge in [-0.3, -0.25) is 9.69 Å². The molecule has 1 aliphatic heterocycles. The zero-order chi connectivity index (χ0) is 12.2. The van der Waals surface area contributed by atoms with Crippen LogP contribution in [-0.4, -0.2) is 21.9 Å². The number of hydrogen-bond donors (Lipinski definition) is 0. The highest BCUT2D eigenvalue weighted by Crippen LogP contribution is 2.56. The molecular formula is C12H10IN3O. The fourth-order valence-electron chi connectivity index (χ4n) is 2.46. The third kappa shape index (κ3) is 1.54. The largest absolute Gasteiger partial charge is 0.299 e. The molecule has 5 heteroatoms. The smallest absolute Gasteiger partial charge is 0.241 e. The number of halogens is 1. The number of nitrogens with zero attached hydrogens (tertiary/aromatic N) is 3. The second-order valence-electron chi connectivity index (χ2n) is 4.55. The van der Waals surface area contributed by atoms with E-state index in [1.165, 1.54) is 6.20 Å². The molecule has 2 heterocycles. The molecule has 0 saturated heterocycles. The van der Waals surface area contributed by atoms with Gasteiger partial charge in [0.05, 0.1) is 9.49 Å². The predicted molar refractivity (Wildman–Crippen MR) is 71.0 cm³/mol. The SMILES string of the molecule is CN1C(=O)[C@H](I)C2CC2c2cc(C#N)cnc21.